The highest BCUT2D eigenvalue weighted by Crippen LogP contribution is 2.53. The molecule has 2 aliphatic heterocycles. The molecule has 0 amide bonds. The van der Waals surface area contributed by atoms with Gasteiger partial charge in [0.05, 0.1) is 24.2 Å². The van der Waals surface area contributed by atoms with Crippen molar-refractivity contribution in [2.24, 2.45) is 5.41 Å². The lowest BCUT2D eigenvalue weighted by atomic mass is 9.59. The molecule has 272 valence electrons. The van der Waals surface area contributed by atoms with Crippen LogP contribution in [0, 0.1) is 5.41 Å². The molecule has 4 aromatic carbocycles. The Morgan fingerprint density at radius 2 is 1.50 bits per heavy atom. The molecule has 4 aromatic rings. The standard InChI is InChI=1S/C44H49ClN2O5/c1-32-44(43(49)50,24-23-38(34-17-8-3-9-18-34)35-19-10-4-11-20-35)41(36-21-14-22-37(45)29-36)40(42(48)52-30-33-15-6-2-7-16-33)39(46-32)31-51-28-27-47-25-12-5-13-26-47/h2-4,6-11,14-22,29,32,38,41,46H,5,12-13,23-28,30-31H2,1H3,(H,49,50). The third-order valence-electron chi connectivity index (χ3n) is 10.8. The third kappa shape index (κ3) is 8.77. The minimum atomic E-state index is -1.45. The normalized spacial score (nSPS) is 20.8. The van der Waals surface area contributed by atoms with Crippen LogP contribution in [0.15, 0.2) is 127 Å². The molecular weight excluding hydrogens is 672 g/mol. The minimum Gasteiger partial charge on any atom is -0.481 e. The summed E-state index contributed by atoms with van der Waals surface area (Å²) < 4.78 is 12.3. The fraction of sp³-hybridized carbons (Fsp3) is 0.364. The molecule has 6 rings (SSSR count). The Balaban J connectivity index is 1.41. The van der Waals surface area contributed by atoms with Crippen molar-refractivity contribution in [2.45, 2.75) is 63.5 Å². The largest absolute Gasteiger partial charge is 0.481 e. The highest BCUT2D eigenvalue weighted by Gasteiger charge is 2.57. The van der Waals surface area contributed by atoms with E-state index in [-0.39, 0.29) is 31.1 Å². The molecule has 2 aliphatic rings. The second-order valence-electron chi connectivity index (χ2n) is 14.0. The summed E-state index contributed by atoms with van der Waals surface area (Å²) in [5.41, 5.74) is 3.06. The Bertz CT molecular complexity index is 1760. The molecule has 1 fully saturated rings. The second-order valence-corrected chi connectivity index (χ2v) is 14.5. The van der Waals surface area contributed by atoms with Gasteiger partial charge in [0.2, 0.25) is 0 Å². The quantitative estimate of drug-likeness (QED) is 0.0940. The summed E-state index contributed by atoms with van der Waals surface area (Å²) in [7, 11) is 0. The maximum Gasteiger partial charge on any atom is 0.336 e. The number of halogens is 1. The monoisotopic (exact) mass is 720 g/mol. The van der Waals surface area contributed by atoms with Crippen molar-refractivity contribution >= 4 is 23.5 Å². The van der Waals surface area contributed by atoms with Crippen molar-refractivity contribution in [3.8, 4) is 0 Å². The Kier molecular flexibility index (Phi) is 12.8. The van der Waals surface area contributed by atoms with E-state index in [1.807, 2.05) is 85.8 Å². The summed E-state index contributed by atoms with van der Waals surface area (Å²) in [5, 5.41) is 15.4. The first kappa shape index (κ1) is 37.3. The number of hydrogen-bond donors (Lipinski definition) is 2. The van der Waals surface area contributed by atoms with Gasteiger partial charge in [-0.1, -0.05) is 121 Å². The molecule has 3 unspecified atom stereocenters. The van der Waals surface area contributed by atoms with Gasteiger partial charge in [-0.3, -0.25) is 4.79 Å². The van der Waals surface area contributed by atoms with Crippen molar-refractivity contribution in [1.29, 1.82) is 0 Å². The lowest BCUT2D eigenvalue weighted by Gasteiger charge is -2.48. The van der Waals surface area contributed by atoms with Gasteiger partial charge in [-0.2, -0.15) is 0 Å². The van der Waals surface area contributed by atoms with Gasteiger partial charge in [0.25, 0.3) is 0 Å². The zero-order chi connectivity index (χ0) is 36.3. The minimum absolute atomic E-state index is 0.0499. The fourth-order valence-electron chi connectivity index (χ4n) is 8.07. The molecular formula is C44H49ClN2O5. The van der Waals surface area contributed by atoms with Crippen LogP contribution < -0.4 is 5.32 Å². The van der Waals surface area contributed by atoms with Crippen LogP contribution >= 0.6 is 11.6 Å². The molecule has 2 N–H and O–H groups in total. The van der Waals surface area contributed by atoms with Crippen molar-refractivity contribution in [1.82, 2.24) is 10.2 Å². The van der Waals surface area contributed by atoms with Crippen molar-refractivity contribution in [2.75, 3.05) is 32.8 Å². The molecule has 0 aromatic heterocycles. The first-order valence-electron chi connectivity index (χ1n) is 18.5. The Labute approximate surface area is 312 Å². The number of hydrogen-bond acceptors (Lipinski definition) is 6. The number of esters is 1. The maximum absolute atomic E-state index is 14.5. The van der Waals surface area contributed by atoms with Gasteiger partial charge in [0.1, 0.15) is 6.61 Å². The number of carboxylic acid groups (broad SMARTS) is 1. The van der Waals surface area contributed by atoms with Crippen molar-refractivity contribution < 1.29 is 24.2 Å². The number of carbonyl (C=O) groups excluding carboxylic acids is 1. The van der Waals surface area contributed by atoms with Gasteiger partial charge in [0.15, 0.2) is 0 Å². The summed E-state index contributed by atoms with van der Waals surface area (Å²) in [6.07, 6.45) is 4.43. The molecule has 0 aliphatic carbocycles. The number of ether oxygens (including phenoxy) is 2. The number of aliphatic carboxylic acids is 1. The highest BCUT2D eigenvalue weighted by molar-refractivity contribution is 6.30. The smallest absolute Gasteiger partial charge is 0.336 e. The lowest BCUT2D eigenvalue weighted by molar-refractivity contribution is -0.154. The Hall–Kier alpha value is -4.43. The van der Waals surface area contributed by atoms with Gasteiger partial charge >= 0.3 is 11.9 Å². The number of benzene rings is 4. The van der Waals surface area contributed by atoms with E-state index in [0.29, 0.717) is 29.3 Å². The zero-order valence-electron chi connectivity index (χ0n) is 29.9. The van der Waals surface area contributed by atoms with E-state index in [2.05, 4.69) is 34.5 Å². The molecule has 3 atom stereocenters. The van der Waals surface area contributed by atoms with E-state index in [1.165, 1.54) is 19.3 Å². The number of carbonyl (C=O) groups is 2. The molecule has 0 bridgehead atoms. The van der Waals surface area contributed by atoms with Crippen LogP contribution in [0.4, 0.5) is 0 Å². The van der Waals surface area contributed by atoms with Crippen LogP contribution in [-0.4, -0.2) is 60.8 Å². The number of piperidine rings is 1. The van der Waals surface area contributed by atoms with Crippen LogP contribution in [0.1, 0.15) is 73.1 Å². The number of likely N-dealkylation sites (tertiary alicyclic amines) is 1. The number of carboxylic acids is 1. The van der Waals surface area contributed by atoms with E-state index in [0.717, 1.165) is 36.3 Å². The molecule has 2 heterocycles. The summed E-state index contributed by atoms with van der Waals surface area (Å²) >= 11 is 6.62. The van der Waals surface area contributed by atoms with E-state index < -0.39 is 29.3 Å². The van der Waals surface area contributed by atoms with E-state index >= 15 is 0 Å². The van der Waals surface area contributed by atoms with Gasteiger partial charge in [-0.05, 0) is 80.1 Å². The SMILES string of the molecule is CC1NC(COCCN2CCCCC2)=C(C(=O)OCc2ccccc2)C(c2cccc(Cl)c2)C1(CCC(c1ccccc1)c1ccccc1)C(=O)O. The summed E-state index contributed by atoms with van der Waals surface area (Å²) in [6, 6.07) is 36.6. The fourth-order valence-corrected chi connectivity index (χ4v) is 8.27. The highest BCUT2D eigenvalue weighted by atomic mass is 35.5. The van der Waals surface area contributed by atoms with E-state index in [9.17, 15) is 14.7 Å². The van der Waals surface area contributed by atoms with E-state index in [1.54, 1.807) is 12.1 Å². The summed E-state index contributed by atoms with van der Waals surface area (Å²) in [5.74, 6) is -2.51. The zero-order valence-corrected chi connectivity index (χ0v) is 30.6. The van der Waals surface area contributed by atoms with Crippen molar-refractivity contribution in [3.63, 3.8) is 0 Å². The first-order valence-corrected chi connectivity index (χ1v) is 18.8. The lowest BCUT2D eigenvalue weighted by Crippen LogP contribution is -2.57. The van der Waals surface area contributed by atoms with Crippen LogP contribution in [-0.2, 0) is 25.7 Å². The van der Waals surface area contributed by atoms with Crippen LogP contribution in [0.2, 0.25) is 5.02 Å². The predicted molar refractivity (Wildman–Crippen MR) is 205 cm³/mol. The number of nitrogens with one attached hydrogen (secondary N) is 1. The van der Waals surface area contributed by atoms with Gasteiger partial charge in [0, 0.05) is 35.1 Å². The summed E-state index contributed by atoms with van der Waals surface area (Å²) in [4.78, 5) is 31.0. The molecule has 0 saturated carbocycles. The molecule has 0 spiro atoms. The number of nitrogens with zero attached hydrogens (tertiary/aromatic N) is 1. The topological polar surface area (TPSA) is 88.1 Å². The van der Waals surface area contributed by atoms with Crippen LogP contribution in [0.5, 0.6) is 0 Å². The van der Waals surface area contributed by atoms with Crippen LogP contribution in [0.25, 0.3) is 0 Å². The molecule has 8 heteroatoms. The maximum atomic E-state index is 14.5. The van der Waals surface area contributed by atoms with Gasteiger partial charge in [-0.25, -0.2) is 4.79 Å². The van der Waals surface area contributed by atoms with E-state index in [4.69, 9.17) is 21.1 Å². The molecule has 1 saturated heterocycles. The summed E-state index contributed by atoms with van der Waals surface area (Å²) in [6.45, 7) is 5.49. The number of rotatable bonds is 15. The molecule has 0 radical (unpaired) electrons. The average Bonchev–Trinajstić information content (AvgIpc) is 3.17. The van der Waals surface area contributed by atoms with Gasteiger partial charge in [-0.15, -0.1) is 0 Å². The predicted octanol–water partition coefficient (Wildman–Crippen LogP) is 8.60. The average molecular weight is 721 g/mol. The third-order valence-corrected chi connectivity index (χ3v) is 11.0. The Morgan fingerprint density at radius 3 is 2.12 bits per heavy atom. The van der Waals surface area contributed by atoms with Crippen molar-refractivity contribution in [3.05, 3.63) is 154 Å². The first-order chi connectivity index (χ1) is 25.4. The van der Waals surface area contributed by atoms with Gasteiger partial charge < -0.3 is 24.8 Å². The Morgan fingerprint density at radius 1 is 0.865 bits per heavy atom. The molecule has 52 heavy (non-hydrogen) atoms. The molecule has 7 nitrogen and oxygen atoms in total. The van der Waals surface area contributed by atoms with Crippen LogP contribution in [0.3, 0.4) is 0 Å². The second kappa shape index (κ2) is 17.9.